The van der Waals surface area contributed by atoms with Gasteiger partial charge in [0.15, 0.2) is 0 Å². The molecule has 1 atom stereocenters. The normalized spacial score (nSPS) is 20.5. The van der Waals surface area contributed by atoms with Crippen LogP contribution in [-0.2, 0) is 11.2 Å². The molecule has 2 aliphatic rings. The molecule has 1 aliphatic carbocycles. The zero-order valence-electron chi connectivity index (χ0n) is 18.9. The van der Waals surface area contributed by atoms with Crippen molar-refractivity contribution in [2.24, 2.45) is 5.92 Å². The van der Waals surface area contributed by atoms with Gasteiger partial charge in [0.1, 0.15) is 0 Å². The molecule has 4 nitrogen and oxygen atoms in total. The number of ether oxygens (including phenoxy) is 1. The van der Waals surface area contributed by atoms with Crippen molar-refractivity contribution in [1.29, 1.82) is 0 Å². The first-order valence-corrected chi connectivity index (χ1v) is 11.6. The van der Waals surface area contributed by atoms with E-state index in [1.165, 1.54) is 11.1 Å². The average Bonchev–Trinajstić information content (AvgIpc) is 2.83. The number of para-hydroxylation sites is 1. The number of nitrogens with zero attached hydrogens (tertiary/aromatic N) is 2. The predicted octanol–water partition coefficient (Wildman–Crippen LogP) is 5.61. The molecule has 2 heterocycles. The number of likely N-dealkylation sites (tertiary alicyclic amines) is 1. The van der Waals surface area contributed by atoms with E-state index in [4.69, 9.17) is 9.72 Å². The predicted molar refractivity (Wildman–Crippen MR) is 129 cm³/mol. The quantitative estimate of drug-likeness (QED) is 0.547. The zero-order valence-corrected chi connectivity index (χ0v) is 18.9. The maximum atomic E-state index is 13.9. The third kappa shape index (κ3) is 3.95. The highest BCUT2D eigenvalue weighted by Crippen LogP contribution is 2.39. The van der Waals surface area contributed by atoms with Crippen molar-refractivity contribution in [3.63, 3.8) is 0 Å². The fourth-order valence-electron chi connectivity index (χ4n) is 5.18. The monoisotopic (exact) mass is 426 g/mol. The van der Waals surface area contributed by atoms with Gasteiger partial charge in [-0.05, 0) is 60.4 Å². The zero-order chi connectivity index (χ0) is 22.1. The summed E-state index contributed by atoms with van der Waals surface area (Å²) in [5, 5.41) is 0.971. The summed E-state index contributed by atoms with van der Waals surface area (Å²) in [4.78, 5) is 21.0. The van der Waals surface area contributed by atoms with Crippen LogP contribution in [0.1, 0.15) is 53.4 Å². The van der Waals surface area contributed by atoms with Gasteiger partial charge in [-0.3, -0.25) is 4.79 Å². The molecule has 0 bridgehead atoms. The number of benzene rings is 2. The fraction of sp³-hybridized carbons (Fsp3) is 0.357. The number of amides is 1. The van der Waals surface area contributed by atoms with Crippen LogP contribution in [0.25, 0.3) is 22.6 Å². The molecule has 2 aromatic carbocycles. The molecule has 1 fully saturated rings. The summed E-state index contributed by atoms with van der Waals surface area (Å²) in [6.07, 6.45) is 6.14. The number of pyridine rings is 1. The molecule has 1 aromatic heterocycles. The molecule has 5 rings (SSSR count). The smallest absolute Gasteiger partial charge is 0.254 e. The maximum Gasteiger partial charge on any atom is 0.254 e. The van der Waals surface area contributed by atoms with Crippen LogP contribution in [0.3, 0.4) is 0 Å². The van der Waals surface area contributed by atoms with Crippen LogP contribution < -0.4 is 0 Å². The number of hydrogen-bond donors (Lipinski definition) is 0. The van der Waals surface area contributed by atoms with Crippen molar-refractivity contribution < 1.29 is 9.53 Å². The topological polar surface area (TPSA) is 42.4 Å². The molecular weight excluding hydrogens is 396 g/mol. The molecule has 1 amide bonds. The van der Waals surface area contributed by atoms with Crippen LogP contribution in [0.4, 0.5) is 0 Å². The minimum Gasteiger partial charge on any atom is -0.381 e. The Balaban J connectivity index is 1.64. The highest BCUT2D eigenvalue weighted by Gasteiger charge is 2.31. The van der Waals surface area contributed by atoms with Crippen LogP contribution in [-0.4, -0.2) is 42.1 Å². The number of carbonyl (C=O) groups is 1. The maximum absolute atomic E-state index is 13.9. The first-order valence-electron chi connectivity index (χ1n) is 11.6. The van der Waals surface area contributed by atoms with Gasteiger partial charge < -0.3 is 9.64 Å². The number of aromatic nitrogens is 1. The summed E-state index contributed by atoms with van der Waals surface area (Å²) < 4.78 is 5.51. The Hall–Kier alpha value is -2.98. The lowest BCUT2D eigenvalue weighted by Crippen LogP contribution is -2.41. The minimum absolute atomic E-state index is 0.141. The Morgan fingerprint density at radius 3 is 2.50 bits per heavy atom. The van der Waals surface area contributed by atoms with Crippen LogP contribution in [0.2, 0.25) is 0 Å². The van der Waals surface area contributed by atoms with Gasteiger partial charge in [0.2, 0.25) is 0 Å². The molecule has 1 aliphatic heterocycles. The van der Waals surface area contributed by atoms with E-state index >= 15 is 0 Å². The highest BCUT2D eigenvalue weighted by molar-refractivity contribution is 6.09. The summed E-state index contributed by atoms with van der Waals surface area (Å²) in [6, 6.07) is 18.5. The van der Waals surface area contributed by atoms with Gasteiger partial charge in [-0.2, -0.15) is 0 Å². The second-order valence-electron chi connectivity index (χ2n) is 9.15. The molecule has 32 heavy (non-hydrogen) atoms. The molecule has 3 aromatic rings. The summed E-state index contributed by atoms with van der Waals surface area (Å²) in [6.45, 7) is 3.76. The van der Waals surface area contributed by atoms with Gasteiger partial charge in [0.05, 0.1) is 22.9 Å². The summed E-state index contributed by atoms with van der Waals surface area (Å²) >= 11 is 0. The second kappa shape index (κ2) is 8.87. The Morgan fingerprint density at radius 2 is 1.75 bits per heavy atom. The standard InChI is InChI=1S/C28H30N2O2/c1-19-16-21(18-20-8-4-3-5-9-20)27-24(17-19)26(23-10-6-7-11-25(23)29-27)28(31)30-14-12-22(32-2)13-15-30/h3-11,18-19,22H,12-17H2,1-2H3/b21-18-. The number of carbonyl (C=O) groups excluding carboxylic acids is 1. The largest absolute Gasteiger partial charge is 0.381 e. The number of fused-ring (bicyclic) bond motifs is 2. The molecule has 164 valence electrons. The summed E-state index contributed by atoms with van der Waals surface area (Å²) in [5.41, 5.74) is 6.26. The Kier molecular flexibility index (Phi) is 5.79. The van der Waals surface area contributed by atoms with Crippen LogP contribution in [0.15, 0.2) is 54.6 Å². The van der Waals surface area contributed by atoms with E-state index in [-0.39, 0.29) is 12.0 Å². The molecule has 0 N–H and O–H groups in total. The molecule has 1 unspecified atom stereocenters. The van der Waals surface area contributed by atoms with Crippen LogP contribution in [0, 0.1) is 5.92 Å². The SMILES string of the molecule is COC1CCN(C(=O)c2c3c(nc4ccccc24)/C(=C\c2ccccc2)CC(C)C3)CC1. The lowest BCUT2D eigenvalue weighted by atomic mass is 9.80. The summed E-state index contributed by atoms with van der Waals surface area (Å²) in [5.74, 6) is 0.605. The second-order valence-corrected chi connectivity index (χ2v) is 9.15. The van der Waals surface area contributed by atoms with E-state index in [1.54, 1.807) is 7.11 Å². The molecular formula is C28H30N2O2. The Bertz CT molecular complexity index is 1160. The third-order valence-electron chi connectivity index (χ3n) is 6.84. The van der Waals surface area contributed by atoms with Gasteiger partial charge in [-0.25, -0.2) is 4.98 Å². The molecule has 0 radical (unpaired) electrons. The van der Waals surface area contributed by atoms with E-state index in [2.05, 4.69) is 43.3 Å². The Labute approximate surface area is 189 Å². The van der Waals surface area contributed by atoms with Gasteiger partial charge in [-0.1, -0.05) is 55.5 Å². The lowest BCUT2D eigenvalue weighted by molar-refractivity contribution is 0.0351. The number of allylic oxidation sites excluding steroid dienone is 1. The Morgan fingerprint density at radius 1 is 1.03 bits per heavy atom. The van der Waals surface area contributed by atoms with Gasteiger partial charge >= 0.3 is 0 Å². The number of piperidine rings is 1. The number of rotatable bonds is 3. The van der Waals surface area contributed by atoms with Crippen molar-refractivity contribution in [3.8, 4) is 0 Å². The minimum atomic E-state index is 0.141. The van der Waals surface area contributed by atoms with Crippen LogP contribution >= 0.6 is 0 Å². The molecule has 4 heteroatoms. The van der Waals surface area contributed by atoms with Crippen molar-refractivity contribution in [3.05, 3.63) is 77.0 Å². The highest BCUT2D eigenvalue weighted by atomic mass is 16.5. The fourth-order valence-corrected chi connectivity index (χ4v) is 5.18. The van der Waals surface area contributed by atoms with E-state index in [1.807, 2.05) is 29.2 Å². The molecule has 0 saturated carbocycles. The van der Waals surface area contributed by atoms with Gasteiger partial charge in [-0.15, -0.1) is 0 Å². The first kappa shape index (κ1) is 20.9. The summed E-state index contributed by atoms with van der Waals surface area (Å²) in [7, 11) is 1.76. The third-order valence-corrected chi connectivity index (χ3v) is 6.84. The molecule has 1 saturated heterocycles. The van der Waals surface area contributed by atoms with E-state index in [9.17, 15) is 4.79 Å². The van der Waals surface area contributed by atoms with Crippen molar-refractivity contribution in [1.82, 2.24) is 9.88 Å². The van der Waals surface area contributed by atoms with E-state index < -0.39 is 0 Å². The van der Waals surface area contributed by atoms with Crippen molar-refractivity contribution >= 4 is 28.5 Å². The van der Waals surface area contributed by atoms with Gasteiger partial charge in [0.25, 0.3) is 5.91 Å². The van der Waals surface area contributed by atoms with Crippen molar-refractivity contribution in [2.75, 3.05) is 20.2 Å². The van der Waals surface area contributed by atoms with E-state index in [0.29, 0.717) is 5.92 Å². The average molecular weight is 427 g/mol. The first-order chi connectivity index (χ1) is 15.6. The number of hydrogen-bond acceptors (Lipinski definition) is 3. The number of methoxy groups -OCH3 is 1. The van der Waals surface area contributed by atoms with Crippen molar-refractivity contribution in [2.45, 2.75) is 38.7 Å². The molecule has 0 spiro atoms. The van der Waals surface area contributed by atoms with Crippen LogP contribution in [0.5, 0.6) is 0 Å². The van der Waals surface area contributed by atoms with E-state index in [0.717, 1.165) is 66.5 Å². The lowest BCUT2D eigenvalue weighted by Gasteiger charge is -2.33. The van der Waals surface area contributed by atoms with Gasteiger partial charge in [0, 0.05) is 25.6 Å².